The molecule has 0 fully saturated rings. The van der Waals surface area contributed by atoms with Crippen LogP contribution in [0.5, 0.6) is 5.75 Å². The van der Waals surface area contributed by atoms with Crippen LogP contribution in [0.25, 0.3) is 0 Å². The summed E-state index contributed by atoms with van der Waals surface area (Å²) in [6.07, 6.45) is 2.77. The van der Waals surface area contributed by atoms with E-state index in [-0.39, 0.29) is 18.1 Å². The molecule has 0 heterocycles. The summed E-state index contributed by atoms with van der Waals surface area (Å²) in [6, 6.07) is 2.11. The number of nitrogens with one attached hydrogen (secondary N) is 3. The molecular weight excluding hydrogens is 460 g/mol. The molecule has 0 aliphatic heterocycles. The van der Waals surface area contributed by atoms with E-state index in [1.54, 1.807) is 19.1 Å². The number of hydrogen-bond acceptors (Lipinski definition) is 7. The van der Waals surface area contributed by atoms with Gasteiger partial charge in [-0.2, -0.15) is 11.8 Å². The number of phenols is 1. The van der Waals surface area contributed by atoms with Crippen LogP contribution in [0.3, 0.4) is 0 Å². The number of aliphatic carboxylic acids is 1. The van der Waals surface area contributed by atoms with Crippen LogP contribution in [0.2, 0.25) is 0 Å². The van der Waals surface area contributed by atoms with Crippen molar-refractivity contribution in [2.75, 3.05) is 12.0 Å². The second-order valence-electron chi connectivity index (χ2n) is 8.27. The van der Waals surface area contributed by atoms with Crippen molar-refractivity contribution in [1.29, 1.82) is 0 Å². The largest absolute Gasteiger partial charge is 0.508 e. The summed E-state index contributed by atoms with van der Waals surface area (Å²) in [5, 5.41) is 26.9. The summed E-state index contributed by atoms with van der Waals surface area (Å²) in [5.41, 5.74) is 6.22. The van der Waals surface area contributed by atoms with Crippen molar-refractivity contribution in [3.05, 3.63) is 29.8 Å². The third-order valence-electron chi connectivity index (χ3n) is 5.44. The molecule has 10 nitrogen and oxygen atoms in total. The van der Waals surface area contributed by atoms with Gasteiger partial charge in [0.05, 0.1) is 6.04 Å². The third kappa shape index (κ3) is 9.60. The summed E-state index contributed by atoms with van der Waals surface area (Å²) in [4.78, 5) is 49.9. The Kier molecular flexibility index (Phi) is 12.4. The third-order valence-corrected chi connectivity index (χ3v) is 6.09. The van der Waals surface area contributed by atoms with Gasteiger partial charge in [0.2, 0.25) is 17.7 Å². The summed E-state index contributed by atoms with van der Waals surface area (Å²) in [5.74, 6) is -2.51. The second-order valence-corrected chi connectivity index (χ2v) is 9.26. The molecule has 7 N–H and O–H groups in total. The standard InChI is InChI=1S/C23H36N4O6S/c1-5-13(2)19(27-21(30)17(10-11-34-4)25-20(29)14(3)24)22(31)26-18(23(32)33)12-15-6-8-16(28)9-7-15/h6-9,13-14,17-19,28H,5,10-12,24H2,1-4H3,(H,25,29)(H,26,31)(H,27,30)(H,32,33). The van der Waals surface area contributed by atoms with Crippen LogP contribution in [0.15, 0.2) is 24.3 Å². The van der Waals surface area contributed by atoms with E-state index in [0.717, 1.165) is 0 Å². The lowest BCUT2D eigenvalue weighted by Gasteiger charge is -2.28. The van der Waals surface area contributed by atoms with Crippen LogP contribution in [-0.2, 0) is 25.6 Å². The lowest BCUT2D eigenvalue weighted by Crippen LogP contribution is -2.58. The Morgan fingerprint density at radius 2 is 1.56 bits per heavy atom. The van der Waals surface area contributed by atoms with Crippen LogP contribution < -0.4 is 21.7 Å². The van der Waals surface area contributed by atoms with Crippen molar-refractivity contribution in [2.45, 2.75) is 64.2 Å². The predicted octanol–water partition coefficient (Wildman–Crippen LogP) is 0.620. The highest BCUT2D eigenvalue weighted by Gasteiger charge is 2.32. The predicted molar refractivity (Wildman–Crippen MR) is 131 cm³/mol. The van der Waals surface area contributed by atoms with E-state index in [4.69, 9.17) is 5.73 Å². The second kappa shape index (κ2) is 14.5. The highest BCUT2D eigenvalue weighted by Crippen LogP contribution is 2.13. The van der Waals surface area contributed by atoms with Crippen LogP contribution in [0, 0.1) is 5.92 Å². The van der Waals surface area contributed by atoms with Gasteiger partial charge in [0.1, 0.15) is 23.9 Å². The van der Waals surface area contributed by atoms with E-state index in [0.29, 0.717) is 24.2 Å². The van der Waals surface area contributed by atoms with E-state index < -0.39 is 47.9 Å². The molecule has 0 aliphatic rings. The van der Waals surface area contributed by atoms with Crippen molar-refractivity contribution >= 4 is 35.5 Å². The number of aromatic hydroxyl groups is 1. The van der Waals surface area contributed by atoms with Gasteiger partial charge < -0.3 is 31.9 Å². The van der Waals surface area contributed by atoms with Crippen molar-refractivity contribution < 1.29 is 29.4 Å². The van der Waals surface area contributed by atoms with Crippen LogP contribution >= 0.6 is 11.8 Å². The van der Waals surface area contributed by atoms with Gasteiger partial charge in [-0.15, -0.1) is 0 Å². The fraction of sp³-hybridized carbons (Fsp3) is 0.565. The zero-order valence-corrected chi connectivity index (χ0v) is 20.9. The van der Waals surface area contributed by atoms with Gasteiger partial charge in [0.25, 0.3) is 0 Å². The molecular formula is C23H36N4O6S. The first kappa shape index (κ1) is 29.2. The van der Waals surface area contributed by atoms with E-state index in [1.165, 1.54) is 30.8 Å². The van der Waals surface area contributed by atoms with Gasteiger partial charge >= 0.3 is 5.97 Å². The summed E-state index contributed by atoms with van der Waals surface area (Å²) in [7, 11) is 0. The first-order chi connectivity index (χ1) is 16.0. The number of hydrogen-bond donors (Lipinski definition) is 6. The van der Waals surface area contributed by atoms with Crippen molar-refractivity contribution in [3.63, 3.8) is 0 Å². The minimum absolute atomic E-state index is 0.00329. The molecule has 1 rings (SSSR count). The Hall–Kier alpha value is -2.79. The molecule has 11 heteroatoms. The summed E-state index contributed by atoms with van der Waals surface area (Å²) in [6.45, 7) is 5.14. The number of phenolic OH excluding ortho intramolecular Hbond substituents is 1. The molecule has 0 saturated carbocycles. The maximum absolute atomic E-state index is 13.1. The van der Waals surface area contributed by atoms with Gasteiger partial charge in [-0.05, 0) is 49.0 Å². The topological polar surface area (TPSA) is 171 Å². The average molecular weight is 497 g/mol. The van der Waals surface area contributed by atoms with Gasteiger partial charge in [-0.1, -0.05) is 32.4 Å². The Balaban J connectivity index is 3.00. The summed E-state index contributed by atoms with van der Waals surface area (Å²) >= 11 is 1.51. The molecule has 0 radical (unpaired) electrons. The molecule has 5 atom stereocenters. The SMILES string of the molecule is CCC(C)C(NC(=O)C(CCSC)NC(=O)C(C)N)C(=O)NC(Cc1ccc(O)cc1)C(=O)O. The first-order valence-electron chi connectivity index (χ1n) is 11.2. The smallest absolute Gasteiger partial charge is 0.326 e. The molecule has 0 bridgehead atoms. The number of carbonyl (C=O) groups is 4. The van der Waals surface area contributed by atoms with Crippen LogP contribution in [0.1, 0.15) is 39.2 Å². The lowest BCUT2D eigenvalue weighted by atomic mass is 9.96. The van der Waals surface area contributed by atoms with E-state index in [9.17, 15) is 29.4 Å². The maximum Gasteiger partial charge on any atom is 0.326 e. The van der Waals surface area contributed by atoms with Crippen LogP contribution in [0.4, 0.5) is 0 Å². The van der Waals surface area contributed by atoms with E-state index >= 15 is 0 Å². The van der Waals surface area contributed by atoms with Gasteiger partial charge in [0.15, 0.2) is 0 Å². The Bertz CT molecular complexity index is 833. The Labute approximate surface area is 204 Å². The quantitative estimate of drug-likeness (QED) is 0.218. The van der Waals surface area contributed by atoms with Gasteiger partial charge in [-0.25, -0.2) is 4.79 Å². The normalized spacial score (nSPS) is 15.3. The molecule has 5 unspecified atom stereocenters. The zero-order valence-electron chi connectivity index (χ0n) is 20.0. The van der Waals surface area contributed by atoms with Crippen molar-refractivity contribution in [2.24, 2.45) is 11.7 Å². The highest BCUT2D eigenvalue weighted by atomic mass is 32.2. The lowest BCUT2D eigenvalue weighted by molar-refractivity contribution is -0.142. The average Bonchev–Trinajstić information content (AvgIpc) is 2.79. The first-order valence-corrected chi connectivity index (χ1v) is 12.6. The highest BCUT2D eigenvalue weighted by molar-refractivity contribution is 7.98. The minimum atomic E-state index is -1.23. The zero-order chi connectivity index (χ0) is 25.8. The fourth-order valence-corrected chi connectivity index (χ4v) is 3.56. The molecule has 34 heavy (non-hydrogen) atoms. The van der Waals surface area contributed by atoms with Crippen molar-refractivity contribution in [1.82, 2.24) is 16.0 Å². The van der Waals surface area contributed by atoms with Crippen LogP contribution in [-0.4, -0.2) is 70.1 Å². The molecule has 3 amide bonds. The number of amides is 3. The molecule has 0 aliphatic carbocycles. The fourth-order valence-electron chi connectivity index (χ4n) is 3.09. The molecule has 190 valence electrons. The monoisotopic (exact) mass is 496 g/mol. The van der Waals surface area contributed by atoms with Gasteiger partial charge in [0, 0.05) is 6.42 Å². The number of benzene rings is 1. The minimum Gasteiger partial charge on any atom is -0.508 e. The number of carbonyl (C=O) groups excluding carboxylic acids is 3. The Morgan fingerprint density at radius 1 is 0.971 bits per heavy atom. The number of rotatable bonds is 14. The van der Waals surface area contributed by atoms with Gasteiger partial charge in [-0.3, -0.25) is 14.4 Å². The molecule has 1 aromatic rings. The Morgan fingerprint density at radius 3 is 2.06 bits per heavy atom. The number of carboxylic acid groups (broad SMARTS) is 1. The molecule has 0 aromatic heterocycles. The van der Waals surface area contributed by atoms with Crippen molar-refractivity contribution in [3.8, 4) is 5.75 Å². The maximum atomic E-state index is 13.1. The number of thioether (sulfide) groups is 1. The molecule has 0 spiro atoms. The molecule has 0 saturated heterocycles. The van der Waals surface area contributed by atoms with E-state index in [2.05, 4.69) is 16.0 Å². The number of nitrogens with two attached hydrogens (primary N) is 1. The molecule has 1 aromatic carbocycles. The van der Waals surface area contributed by atoms with E-state index in [1.807, 2.05) is 13.2 Å². The summed E-state index contributed by atoms with van der Waals surface area (Å²) < 4.78 is 0. The number of carboxylic acids is 1.